The second-order valence-electron chi connectivity index (χ2n) is 5.34. The minimum absolute atomic E-state index is 0.851. The molecular formula is C14H30N2. The van der Waals surface area contributed by atoms with E-state index in [2.05, 4.69) is 19.2 Å². The zero-order valence-electron chi connectivity index (χ0n) is 11.2. The Hall–Kier alpha value is -0.0800. The lowest BCUT2D eigenvalue weighted by molar-refractivity contribution is 0.402. The van der Waals surface area contributed by atoms with Crippen LogP contribution >= 0.6 is 0 Å². The van der Waals surface area contributed by atoms with E-state index in [1.54, 1.807) is 0 Å². The summed E-state index contributed by atoms with van der Waals surface area (Å²) in [6.07, 6.45) is 9.34. The quantitative estimate of drug-likeness (QED) is 0.562. The molecule has 0 aromatic heterocycles. The summed E-state index contributed by atoms with van der Waals surface area (Å²) in [4.78, 5) is 0. The van der Waals surface area contributed by atoms with Crippen LogP contribution in [0.5, 0.6) is 0 Å². The lowest BCUT2D eigenvalue weighted by Crippen LogP contribution is -2.20. The molecule has 0 bridgehead atoms. The number of nitrogens with one attached hydrogen (secondary N) is 1. The number of hydrogen-bond donors (Lipinski definition) is 2. The summed E-state index contributed by atoms with van der Waals surface area (Å²) < 4.78 is 0. The molecule has 0 radical (unpaired) electrons. The molecule has 0 heterocycles. The molecule has 3 atom stereocenters. The van der Waals surface area contributed by atoms with Gasteiger partial charge >= 0.3 is 0 Å². The summed E-state index contributed by atoms with van der Waals surface area (Å²) >= 11 is 0. The van der Waals surface area contributed by atoms with Gasteiger partial charge in [-0.25, -0.2) is 0 Å². The first-order chi connectivity index (χ1) is 7.81. The average molecular weight is 226 g/mol. The fraction of sp³-hybridized carbons (Fsp3) is 1.00. The zero-order valence-corrected chi connectivity index (χ0v) is 11.2. The van der Waals surface area contributed by atoms with Crippen LogP contribution in [-0.4, -0.2) is 19.1 Å². The number of rotatable bonds is 10. The van der Waals surface area contributed by atoms with Crippen LogP contribution in [0.25, 0.3) is 0 Å². The highest BCUT2D eigenvalue weighted by atomic mass is 15.0. The van der Waals surface area contributed by atoms with Gasteiger partial charge in [-0.15, -0.1) is 0 Å². The van der Waals surface area contributed by atoms with Gasteiger partial charge in [-0.1, -0.05) is 33.1 Å². The monoisotopic (exact) mass is 226 g/mol. The summed E-state index contributed by atoms with van der Waals surface area (Å²) in [6.45, 7) is 6.65. The molecule has 3 unspecified atom stereocenters. The van der Waals surface area contributed by atoms with Crippen molar-refractivity contribution in [2.75, 3.05) is 13.1 Å². The van der Waals surface area contributed by atoms with Crippen molar-refractivity contribution in [3.63, 3.8) is 0 Å². The Morgan fingerprint density at radius 3 is 2.62 bits per heavy atom. The van der Waals surface area contributed by atoms with Gasteiger partial charge < -0.3 is 11.1 Å². The summed E-state index contributed by atoms with van der Waals surface area (Å²) in [6, 6.07) is 0.851. The molecular weight excluding hydrogens is 196 g/mol. The van der Waals surface area contributed by atoms with Gasteiger partial charge in [0, 0.05) is 6.04 Å². The van der Waals surface area contributed by atoms with E-state index in [1.165, 1.54) is 51.5 Å². The van der Waals surface area contributed by atoms with Crippen LogP contribution in [0.1, 0.15) is 58.8 Å². The molecule has 1 fully saturated rings. The standard InChI is InChI=1S/C14H30N2/c1-3-6-12(8-9-15)7-5-10-16-14-11-13(14)4-2/h12-14,16H,3-11,15H2,1-2H3. The van der Waals surface area contributed by atoms with Crippen LogP contribution < -0.4 is 11.1 Å². The van der Waals surface area contributed by atoms with Crippen molar-refractivity contribution in [2.45, 2.75) is 64.8 Å². The molecule has 0 amide bonds. The molecule has 2 heteroatoms. The number of nitrogens with two attached hydrogens (primary N) is 1. The zero-order chi connectivity index (χ0) is 11.8. The third kappa shape index (κ3) is 5.31. The summed E-state index contributed by atoms with van der Waals surface area (Å²) in [7, 11) is 0. The molecule has 96 valence electrons. The Bertz CT molecular complexity index is 164. The second-order valence-corrected chi connectivity index (χ2v) is 5.34. The van der Waals surface area contributed by atoms with E-state index in [0.29, 0.717) is 0 Å². The predicted molar refractivity (Wildman–Crippen MR) is 71.5 cm³/mol. The first-order valence-electron chi connectivity index (χ1n) is 7.25. The highest BCUT2D eigenvalue weighted by molar-refractivity contribution is 4.91. The minimum Gasteiger partial charge on any atom is -0.330 e. The fourth-order valence-electron chi connectivity index (χ4n) is 2.70. The molecule has 0 saturated heterocycles. The largest absolute Gasteiger partial charge is 0.330 e. The SMILES string of the molecule is CCCC(CCN)CCCNC1CC1CC. The average Bonchev–Trinajstić information content (AvgIpc) is 3.03. The Kier molecular flexibility index (Phi) is 7.06. The van der Waals surface area contributed by atoms with Gasteiger partial charge in [-0.2, -0.15) is 0 Å². The van der Waals surface area contributed by atoms with Crippen molar-refractivity contribution >= 4 is 0 Å². The van der Waals surface area contributed by atoms with E-state index < -0.39 is 0 Å². The van der Waals surface area contributed by atoms with Gasteiger partial charge in [0.25, 0.3) is 0 Å². The Morgan fingerprint density at radius 1 is 1.25 bits per heavy atom. The highest BCUT2D eigenvalue weighted by Crippen LogP contribution is 2.33. The van der Waals surface area contributed by atoms with Crippen LogP contribution in [0.3, 0.4) is 0 Å². The molecule has 16 heavy (non-hydrogen) atoms. The van der Waals surface area contributed by atoms with Crippen molar-refractivity contribution in [1.82, 2.24) is 5.32 Å². The lowest BCUT2D eigenvalue weighted by atomic mass is 9.94. The molecule has 1 saturated carbocycles. The minimum atomic E-state index is 0.851. The Morgan fingerprint density at radius 2 is 2.06 bits per heavy atom. The Labute approximate surface area is 101 Å². The smallest absolute Gasteiger partial charge is 0.00990 e. The van der Waals surface area contributed by atoms with E-state index >= 15 is 0 Å². The van der Waals surface area contributed by atoms with E-state index in [-0.39, 0.29) is 0 Å². The summed E-state index contributed by atoms with van der Waals surface area (Å²) in [5.41, 5.74) is 5.64. The lowest BCUT2D eigenvalue weighted by Gasteiger charge is -2.14. The van der Waals surface area contributed by atoms with Crippen LogP contribution in [0.15, 0.2) is 0 Å². The van der Waals surface area contributed by atoms with Crippen LogP contribution in [0.2, 0.25) is 0 Å². The van der Waals surface area contributed by atoms with E-state index in [4.69, 9.17) is 5.73 Å². The van der Waals surface area contributed by atoms with Crippen molar-refractivity contribution < 1.29 is 0 Å². The Balaban J connectivity index is 1.95. The summed E-state index contributed by atoms with van der Waals surface area (Å²) in [5, 5.41) is 3.67. The maximum absolute atomic E-state index is 5.64. The molecule has 1 aliphatic rings. The third-order valence-electron chi connectivity index (χ3n) is 3.91. The fourth-order valence-corrected chi connectivity index (χ4v) is 2.70. The van der Waals surface area contributed by atoms with E-state index in [9.17, 15) is 0 Å². The van der Waals surface area contributed by atoms with Crippen molar-refractivity contribution in [1.29, 1.82) is 0 Å². The first-order valence-corrected chi connectivity index (χ1v) is 7.25. The van der Waals surface area contributed by atoms with E-state index in [0.717, 1.165) is 24.4 Å². The van der Waals surface area contributed by atoms with Gasteiger partial charge in [0.15, 0.2) is 0 Å². The maximum atomic E-state index is 5.64. The van der Waals surface area contributed by atoms with Crippen LogP contribution in [0.4, 0.5) is 0 Å². The van der Waals surface area contributed by atoms with Crippen LogP contribution in [0, 0.1) is 11.8 Å². The number of hydrogen-bond acceptors (Lipinski definition) is 2. The molecule has 0 aromatic carbocycles. The molecule has 0 aromatic rings. The molecule has 3 N–H and O–H groups in total. The molecule has 0 spiro atoms. The molecule has 2 nitrogen and oxygen atoms in total. The maximum Gasteiger partial charge on any atom is 0.00990 e. The molecule has 0 aliphatic heterocycles. The molecule has 1 aliphatic carbocycles. The van der Waals surface area contributed by atoms with Gasteiger partial charge in [-0.05, 0) is 50.6 Å². The van der Waals surface area contributed by atoms with Crippen molar-refractivity contribution in [2.24, 2.45) is 17.6 Å². The van der Waals surface area contributed by atoms with Crippen LogP contribution in [-0.2, 0) is 0 Å². The topological polar surface area (TPSA) is 38.0 Å². The van der Waals surface area contributed by atoms with Crippen molar-refractivity contribution in [3.05, 3.63) is 0 Å². The van der Waals surface area contributed by atoms with Gasteiger partial charge in [0.05, 0.1) is 0 Å². The van der Waals surface area contributed by atoms with Gasteiger partial charge in [0.2, 0.25) is 0 Å². The van der Waals surface area contributed by atoms with Gasteiger partial charge in [-0.3, -0.25) is 0 Å². The predicted octanol–water partition coefficient (Wildman–Crippen LogP) is 2.92. The summed E-state index contributed by atoms with van der Waals surface area (Å²) in [5.74, 6) is 1.86. The normalized spacial score (nSPS) is 25.7. The van der Waals surface area contributed by atoms with E-state index in [1.807, 2.05) is 0 Å². The first kappa shape index (κ1) is 14.0. The molecule has 1 rings (SSSR count). The highest BCUT2D eigenvalue weighted by Gasteiger charge is 2.34. The van der Waals surface area contributed by atoms with Gasteiger partial charge in [0.1, 0.15) is 0 Å². The van der Waals surface area contributed by atoms with Crippen molar-refractivity contribution in [3.8, 4) is 0 Å². The third-order valence-corrected chi connectivity index (χ3v) is 3.91. The second kappa shape index (κ2) is 8.08.